The minimum absolute atomic E-state index is 0.0624. The van der Waals surface area contributed by atoms with Crippen molar-refractivity contribution in [1.82, 2.24) is 10.2 Å². The van der Waals surface area contributed by atoms with E-state index in [1.54, 1.807) is 0 Å². The van der Waals surface area contributed by atoms with Gasteiger partial charge in [-0.1, -0.05) is 0 Å². The number of carbonyl (C=O) groups is 2. The van der Waals surface area contributed by atoms with Gasteiger partial charge in [0, 0.05) is 19.6 Å². The lowest BCUT2D eigenvalue weighted by molar-refractivity contribution is -0.139. The third-order valence-corrected chi connectivity index (χ3v) is 2.51. The van der Waals surface area contributed by atoms with Crippen molar-refractivity contribution in [2.75, 3.05) is 26.3 Å². The van der Waals surface area contributed by atoms with Crippen LogP contribution in [0.3, 0.4) is 0 Å². The maximum atomic E-state index is 11.8. The summed E-state index contributed by atoms with van der Waals surface area (Å²) in [4.78, 5) is 23.9. The first-order chi connectivity index (χ1) is 8.58. The van der Waals surface area contributed by atoms with Gasteiger partial charge >= 0.3 is 12.0 Å². The van der Waals surface area contributed by atoms with E-state index < -0.39 is 24.1 Å². The zero-order valence-corrected chi connectivity index (χ0v) is 9.70. The Kier molecular flexibility index (Phi) is 5.35. The largest absolute Gasteiger partial charge is 0.480 e. The molecule has 1 aliphatic rings. The van der Waals surface area contributed by atoms with Crippen LogP contribution >= 0.6 is 0 Å². The molecule has 1 aliphatic heterocycles. The van der Waals surface area contributed by atoms with Gasteiger partial charge in [-0.25, -0.2) is 9.59 Å². The van der Waals surface area contributed by atoms with Crippen LogP contribution in [0.15, 0.2) is 0 Å². The fourth-order valence-electron chi connectivity index (χ4n) is 1.54. The third-order valence-electron chi connectivity index (χ3n) is 2.51. The highest BCUT2D eigenvalue weighted by atomic mass is 16.5. The van der Waals surface area contributed by atoms with Crippen molar-refractivity contribution in [3.8, 4) is 6.07 Å². The number of morpholine rings is 1. The molecule has 0 saturated carbocycles. The Morgan fingerprint density at radius 1 is 1.61 bits per heavy atom. The van der Waals surface area contributed by atoms with Gasteiger partial charge < -0.3 is 25.2 Å². The summed E-state index contributed by atoms with van der Waals surface area (Å²) in [5.41, 5.74) is 0. The average Bonchev–Trinajstić information content (AvgIpc) is 2.38. The fourth-order valence-corrected chi connectivity index (χ4v) is 1.54. The van der Waals surface area contributed by atoms with Gasteiger partial charge in [-0.2, -0.15) is 5.26 Å². The number of nitrogens with one attached hydrogen (secondary N) is 1. The van der Waals surface area contributed by atoms with Crippen LogP contribution in [0.5, 0.6) is 0 Å². The van der Waals surface area contributed by atoms with Crippen LogP contribution in [0.25, 0.3) is 0 Å². The van der Waals surface area contributed by atoms with Gasteiger partial charge in [0.05, 0.1) is 19.2 Å². The maximum absolute atomic E-state index is 11.8. The van der Waals surface area contributed by atoms with Crippen LogP contribution in [0.2, 0.25) is 0 Å². The molecule has 8 heteroatoms. The second-order valence-electron chi connectivity index (χ2n) is 3.79. The number of aliphatic hydroxyl groups is 1. The SMILES string of the molecule is N#CC1CN(C(=O)N[C@@H](CCO)C(=O)O)CCO1. The molecule has 8 nitrogen and oxygen atoms in total. The summed E-state index contributed by atoms with van der Waals surface area (Å²) in [6.45, 7) is 0.313. The molecular formula is C10H15N3O5. The summed E-state index contributed by atoms with van der Waals surface area (Å²) in [5.74, 6) is -1.21. The molecule has 1 rings (SSSR count). The van der Waals surface area contributed by atoms with Crippen LogP contribution in [0.4, 0.5) is 4.79 Å². The van der Waals surface area contributed by atoms with Crippen molar-refractivity contribution in [2.24, 2.45) is 0 Å². The van der Waals surface area contributed by atoms with Gasteiger partial charge in [0.25, 0.3) is 0 Å². The van der Waals surface area contributed by atoms with E-state index in [9.17, 15) is 9.59 Å². The molecule has 100 valence electrons. The number of carbonyl (C=O) groups excluding carboxylic acids is 1. The van der Waals surface area contributed by atoms with E-state index in [2.05, 4.69) is 5.32 Å². The van der Waals surface area contributed by atoms with Crippen LogP contribution in [-0.4, -0.2) is 65.6 Å². The summed E-state index contributed by atoms with van der Waals surface area (Å²) in [5, 5.41) is 28.5. The van der Waals surface area contributed by atoms with E-state index in [4.69, 9.17) is 20.2 Å². The normalized spacial score (nSPS) is 20.9. The minimum atomic E-state index is -1.21. The molecule has 0 aliphatic carbocycles. The van der Waals surface area contributed by atoms with Crippen LogP contribution in [0.1, 0.15) is 6.42 Å². The molecule has 1 fully saturated rings. The molecule has 0 spiro atoms. The Bertz CT molecular complexity index is 354. The zero-order chi connectivity index (χ0) is 13.5. The predicted octanol–water partition coefficient (Wildman–Crippen LogP) is -1.24. The monoisotopic (exact) mass is 257 g/mol. The van der Waals surface area contributed by atoms with Crippen molar-refractivity contribution in [3.63, 3.8) is 0 Å². The van der Waals surface area contributed by atoms with Gasteiger partial charge in [-0.3, -0.25) is 0 Å². The van der Waals surface area contributed by atoms with Gasteiger partial charge in [0.2, 0.25) is 0 Å². The van der Waals surface area contributed by atoms with E-state index in [0.717, 1.165) is 0 Å². The average molecular weight is 257 g/mol. The molecule has 2 amide bonds. The lowest BCUT2D eigenvalue weighted by atomic mass is 10.2. The van der Waals surface area contributed by atoms with Crippen LogP contribution < -0.4 is 5.32 Å². The molecule has 18 heavy (non-hydrogen) atoms. The number of aliphatic carboxylic acids is 1. The Morgan fingerprint density at radius 3 is 2.89 bits per heavy atom. The number of carboxylic acid groups (broad SMARTS) is 1. The lowest BCUT2D eigenvalue weighted by Gasteiger charge is -2.30. The van der Waals surface area contributed by atoms with Gasteiger partial charge in [-0.05, 0) is 0 Å². The molecule has 1 heterocycles. The van der Waals surface area contributed by atoms with Crippen molar-refractivity contribution in [3.05, 3.63) is 0 Å². The molecular weight excluding hydrogens is 242 g/mol. The number of carboxylic acids is 1. The number of hydrogen-bond donors (Lipinski definition) is 3. The second kappa shape index (κ2) is 6.78. The summed E-state index contributed by atoms with van der Waals surface area (Å²) in [6.07, 6.45) is -0.752. The van der Waals surface area contributed by atoms with Crippen molar-refractivity contribution in [2.45, 2.75) is 18.6 Å². The molecule has 1 unspecified atom stereocenters. The number of nitrogens with zero attached hydrogens (tertiary/aromatic N) is 2. The smallest absolute Gasteiger partial charge is 0.326 e. The maximum Gasteiger partial charge on any atom is 0.326 e. The molecule has 0 aromatic rings. The van der Waals surface area contributed by atoms with Crippen LogP contribution in [-0.2, 0) is 9.53 Å². The molecule has 0 radical (unpaired) electrons. The molecule has 3 N–H and O–H groups in total. The number of ether oxygens (including phenoxy) is 1. The van der Waals surface area contributed by atoms with Crippen molar-refractivity contribution >= 4 is 12.0 Å². The quantitative estimate of drug-likeness (QED) is 0.578. The van der Waals surface area contributed by atoms with E-state index in [1.165, 1.54) is 4.90 Å². The predicted molar refractivity (Wildman–Crippen MR) is 58.6 cm³/mol. The number of amides is 2. The van der Waals surface area contributed by atoms with Gasteiger partial charge in [0.15, 0.2) is 6.10 Å². The van der Waals surface area contributed by atoms with E-state index in [1.807, 2.05) is 6.07 Å². The highest BCUT2D eigenvalue weighted by molar-refractivity contribution is 5.82. The molecule has 1 saturated heterocycles. The van der Waals surface area contributed by atoms with Gasteiger partial charge in [0.1, 0.15) is 6.04 Å². The molecule has 2 atom stereocenters. The third kappa shape index (κ3) is 3.87. The zero-order valence-electron chi connectivity index (χ0n) is 9.70. The lowest BCUT2D eigenvalue weighted by Crippen LogP contribution is -2.53. The Labute approximate surface area is 104 Å². The molecule has 0 bridgehead atoms. The van der Waals surface area contributed by atoms with Crippen LogP contribution in [0, 0.1) is 11.3 Å². The highest BCUT2D eigenvalue weighted by Crippen LogP contribution is 2.05. The van der Waals surface area contributed by atoms with Crippen molar-refractivity contribution < 1.29 is 24.5 Å². The first-order valence-electron chi connectivity index (χ1n) is 5.48. The summed E-state index contributed by atoms with van der Waals surface area (Å²) in [6, 6.07) is 0.186. The van der Waals surface area contributed by atoms with Crippen molar-refractivity contribution in [1.29, 1.82) is 5.26 Å². The standard InChI is InChI=1S/C10H15N3O5/c11-5-7-6-13(2-4-18-7)10(17)12-8(1-3-14)9(15)16/h7-8,14H,1-4,6H2,(H,12,17)(H,15,16)/t7?,8-/m0/s1. The number of nitriles is 1. The molecule has 0 aromatic carbocycles. The summed E-state index contributed by atoms with van der Waals surface area (Å²) in [7, 11) is 0. The summed E-state index contributed by atoms with van der Waals surface area (Å²) < 4.78 is 5.07. The first kappa shape index (κ1) is 14.2. The number of rotatable bonds is 4. The number of aliphatic hydroxyl groups excluding tert-OH is 1. The Morgan fingerprint density at radius 2 is 2.33 bits per heavy atom. The summed E-state index contributed by atoms with van der Waals surface area (Å²) >= 11 is 0. The fraction of sp³-hybridized carbons (Fsp3) is 0.700. The minimum Gasteiger partial charge on any atom is -0.480 e. The first-order valence-corrected chi connectivity index (χ1v) is 5.48. The second-order valence-corrected chi connectivity index (χ2v) is 3.79. The Balaban J connectivity index is 2.53. The van der Waals surface area contributed by atoms with E-state index >= 15 is 0 Å². The van der Waals surface area contributed by atoms with E-state index in [0.29, 0.717) is 6.54 Å². The highest BCUT2D eigenvalue weighted by Gasteiger charge is 2.27. The molecule has 0 aromatic heterocycles. The Hall–Kier alpha value is -1.85. The number of urea groups is 1. The van der Waals surface area contributed by atoms with Gasteiger partial charge in [-0.15, -0.1) is 0 Å². The number of hydrogen-bond acceptors (Lipinski definition) is 5. The van der Waals surface area contributed by atoms with E-state index in [-0.39, 0.29) is 26.2 Å². The topological polar surface area (TPSA) is 123 Å².